The summed E-state index contributed by atoms with van der Waals surface area (Å²) in [4.78, 5) is 37.9. The number of hydrogen-bond acceptors (Lipinski definition) is 8. The molecule has 3 rings (SSSR count). The van der Waals surface area contributed by atoms with Crippen LogP contribution >= 0.6 is 0 Å². The van der Waals surface area contributed by atoms with Gasteiger partial charge < -0.3 is 14.4 Å². The summed E-state index contributed by atoms with van der Waals surface area (Å²) in [5.74, 6) is -1.20. The first-order valence-corrected chi connectivity index (χ1v) is 10.1. The maximum absolute atomic E-state index is 12.6. The highest BCUT2D eigenvalue weighted by molar-refractivity contribution is 6.00. The average Bonchev–Trinajstić information content (AvgIpc) is 2.81. The van der Waals surface area contributed by atoms with Crippen molar-refractivity contribution < 1.29 is 23.9 Å². The molecule has 0 saturated carbocycles. The number of nitrogens with zero attached hydrogens (tertiary/aromatic N) is 3. The minimum atomic E-state index is -0.683. The van der Waals surface area contributed by atoms with Gasteiger partial charge in [0.15, 0.2) is 12.4 Å². The summed E-state index contributed by atoms with van der Waals surface area (Å²) in [6.45, 7) is 0.847. The van der Waals surface area contributed by atoms with Crippen LogP contribution in [0.2, 0.25) is 0 Å². The second kappa shape index (κ2) is 10.8. The number of Topliss-reactive ketones (excluding diaryl/α,β-unsaturated/α-hetero) is 1. The first-order chi connectivity index (χ1) is 15.8. The van der Waals surface area contributed by atoms with Crippen molar-refractivity contribution in [2.45, 2.75) is 6.92 Å². The fraction of sp³-hybridized carbons (Fsp3) is 0.160. The Hall–Kier alpha value is -4.33. The highest BCUT2D eigenvalue weighted by Gasteiger charge is 2.15. The van der Waals surface area contributed by atoms with Gasteiger partial charge in [-0.25, -0.2) is 4.79 Å². The largest absolute Gasteiger partial charge is 0.454 e. The van der Waals surface area contributed by atoms with Gasteiger partial charge in [0, 0.05) is 32.3 Å². The molecule has 168 valence electrons. The fourth-order valence-electron chi connectivity index (χ4n) is 2.83. The van der Waals surface area contributed by atoms with Crippen LogP contribution in [0.5, 0.6) is 5.75 Å². The summed E-state index contributed by atoms with van der Waals surface area (Å²) in [7, 11) is 3.89. The van der Waals surface area contributed by atoms with E-state index >= 15 is 0 Å². The predicted octanol–water partition coefficient (Wildman–Crippen LogP) is 5.13. The molecule has 0 spiro atoms. The summed E-state index contributed by atoms with van der Waals surface area (Å²) in [6.07, 6.45) is 0. The zero-order valence-electron chi connectivity index (χ0n) is 18.5. The normalized spacial score (nSPS) is 10.6. The van der Waals surface area contributed by atoms with Crippen LogP contribution in [0.15, 0.2) is 83.0 Å². The van der Waals surface area contributed by atoms with E-state index in [-0.39, 0.29) is 5.56 Å². The molecule has 3 aromatic rings. The van der Waals surface area contributed by atoms with Crippen molar-refractivity contribution >= 4 is 34.8 Å². The second-order valence-electron chi connectivity index (χ2n) is 7.25. The summed E-state index contributed by atoms with van der Waals surface area (Å²) in [6, 6.07) is 20.1. The average molecular weight is 445 g/mol. The molecule has 3 aromatic carbocycles. The molecule has 0 radical (unpaired) electrons. The third kappa shape index (κ3) is 6.57. The first-order valence-electron chi connectivity index (χ1n) is 10.1. The van der Waals surface area contributed by atoms with E-state index in [0.717, 1.165) is 5.69 Å². The molecule has 0 aliphatic rings. The molecule has 0 amide bonds. The van der Waals surface area contributed by atoms with Crippen LogP contribution in [0.3, 0.4) is 0 Å². The summed E-state index contributed by atoms with van der Waals surface area (Å²) in [5, 5.41) is 8.36. The van der Waals surface area contributed by atoms with Crippen LogP contribution in [0, 0.1) is 0 Å². The van der Waals surface area contributed by atoms with Crippen LogP contribution in [0.4, 0.5) is 17.1 Å². The number of esters is 2. The number of carbonyl (C=O) groups excluding carboxylic acids is 3. The Morgan fingerprint density at radius 3 is 2.15 bits per heavy atom. The molecule has 0 unspecified atom stereocenters. The van der Waals surface area contributed by atoms with Crippen molar-refractivity contribution in [3.05, 3.63) is 83.9 Å². The minimum Gasteiger partial charge on any atom is -0.454 e. The number of azo groups is 1. The molecule has 0 aliphatic heterocycles. The molecular formula is C25H23N3O5. The van der Waals surface area contributed by atoms with E-state index in [1.165, 1.54) is 31.2 Å². The Balaban J connectivity index is 1.64. The molecule has 0 heterocycles. The fourth-order valence-corrected chi connectivity index (χ4v) is 2.83. The Bertz CT molecular complexity index is 1170. The van der Waals surface area contributed by atoms with Crippen molar-refractivity contribution in [1.29, 1.82) is 0 Å². The van der Waals surface area contributed by atoms with Crippen LogP contribution < -0.4 is 9.64 Å². The van der Waals surface area contributed by atoms with Crippen LogP contribution in [-0.4, -0.2) is 38.4 Å². The smallest absolute Gasteiger partial charge is 0.340 e. The lowest BCUT2D eigenvalue weighted by molar-refractivity contribution is -0.131. The number of anilines is 1. The third-order valence-corrected chi connectivity index (χ3v) is 4.54. The van der Waals surface area contributed by atoms with Crippen molar-refractivity contribution in [2.75, 3.05) is 25.6 Å². The molecule has 0 saturated heterocycles. The summed E-state index contributed by atoms with van der Waals surface area (Å²) in [5.41, 5.74) is 2.52. The van der Waals surface area contributed by atoms with Crippen molar-refractivity contribution in [1.82, 2.24) is 0 Å². The first kappa shape index (κ1) is 23.3. The lowest BCUT2D eigenvalue weighted by atomic mass is 10.1. The summed E-state index contributed by atoms with van der Waals surface area (Å²) < 4.78 is 10.1. The van der Waals surface area contributed by atoms with Gasteiger partial charge in [0.2, 0.25) is 0 Å². The molecule has 0 fully saturated rings. The van der Waals surface area contributed by atoms with E-state index < -0.39 is 24.3 Å². The molecule has 33 heavy (non-hydrogen) atoms. The third-order valence-electron chi connectivity index (χ3n) is 4.54. The van der Waals surface area contributed by atoms with Gasteiger partial charge in [-0.1, -0.05) is 12.1 Å². The van der Waals surface area contributed by atoms with Crippen molar-refractivity contribution in [3.8, 4) is 5.75 Å². The van der Waals surface area contributed by atoms with Gasteiger partial charge >= 0.3 is 11.9 Å². The van der Waals surface area contributed by atoms with E-state index in [4.69, 9.17) is 9.47 Å². The predicted molar refractivity (Wildman–Crippen MR) is 124 cm³/mol. The van der Waals surface area contributed by atoms with Gasteiger partial charge in [0.05, 0.1) is 11.3 Å². The van der Waals surface area contributed by atoms with Gasteiger partial charge in [-0.05, 0) is 60.7 Å². The van der Waals surface area contributed by atoms with Gasteiger partial charge in [0.1, 0.15) is 11.4 Å². The van der Waals surface area contributed by atoms with Gasteiger partial charge in [-0.15, -0.1) is 5.11 Å². The lowest BCUT2D eigenvalue weighted by Gasteiger charge is -2.11. The monoisotopic (exact) mass is 445 g/mol. The second-order valence-corrected chi connectivity index (χ2v) is 7.25. The minimum absolute atomic E-state index is 0.198. The van der Waals surface area contributed by atoms with Crippen LogP contribution in [0.25, 0.3) is 0 Å². The van der Waals surface area contributed by atoms with Gasteiger partial charge in [-0.2, -0.15) is 5.11 Å². The number of benzene rings is 3. The Morgan fingerprint density at radius 2 is 1.52 bits per heavy atom. The molecule has 0 N–H and O–H groups in total. The zero-order chi connectivity index (χ0) is 23.8. The molecular weight excluding hydrogens is 422 g/mol. The van der Waals surface area contributed by atoms with Crippen LogP contribution in [0.1, 0.15) is 27.6 Å². The zero-order valence-corrected chi connectivity index (χ0v) is 18.5. The topological polar surface area (TPSA) is 97.6 Å². The van der Waals surface area contributed by atoms with E-state index in [0.29, 0.717) is 22.7 Å². The highest BCUT2D eigenvalue weighted by Crippen LogP contribution is 2.24. The SMILES string of the molecule is CC(=O)Oc1ccc(C(=O)COC(=O)c2ccccc2N=Nc2ccc(N(C)C)cc2)cc1. The Morgan fingerprint density at radius 1 is 0.848 bits per heavy atom. The maximum atomic E-state index is 12.6. The molecule has 8 nitrogen and oxygen atoms in total. The molecule has 8 heteroatoms. The number of rotatable bonds is 8. The molecule has 0 aromatic heterocycles. The Kier molecular flexibility index (Phi) is 7.64. The number of carbonyl (C=O) groups is 3. The lowest BCUT2D eigenvalue weighted by Crippen LogP contribution is -2.14. The van der Waals surface area contributed by atoms with E-state index in [1.54, 1.807) is 24.3 Å². The standard InChI is InChI=1S/C25H23N3O5/c1-17(29)33-21-14-8-18(9-15-21)24(30)16-32-25(31)22-6-4-5-7-23(22)27-26-19-10-12-20(13-11-19)28(2)3/h4-15H,16H2,1-3H3. The quantitative estimate of drug-likeness (QED) is 0.206. The number of hydrogen-bond donors (Lipinski definition) is 0. The Labute approximate surface area is 191 Å². The van der Waals surface area contributed by atoms with Crippen LogP contribution in [-0.2, 0) is 9.53 Å². The summed E-state index contributed by atoms with van der Waals surface area (Å²) >= 11 is 0. The van der Waals surface area contributed by atoms with Gasteiger partial charge in [0.25, 0.3) is 0 Å². The van der Waals surface area contributed by atoms with E-state index in [9.17, 15) is 14.4 Å². The maximum Gasteiger partial charge on any atom is 0.340 e. The number of ether oxygens (including phenoxy) is 2. The highest BCUT2D eigenvalue weighted by atomic mass is 16.5. The van der Waals surface area contributed by atoms with Crippen molar-refractivity contribution in [3.63, 3.8) is 0 Å². The molecule has 0 bridgehead atoms. The van der Waals surface area contributed by atoms with E-state index in [1.807, 2.05) is 43.3 Å². The van der Waals surface area contributed by atoms with Gasteiger partial charge in [-0.3, -0.25) is 9.59 Å². The number of ketones is 1. The molecule has 0 aliphatic carbocycles. The molecule has 0 atom stereocenters. The van der Waals surface area contributed by atoms with E-state index in [2.05, 4.69) is 10.2 Å². The van der Waals surface area contributed by atoms with Crippen molar-refractivity contribution in [2.24, 2.45) is 10.2 Å².